The number of likely N-dealkylation sites (N-methyl/N-ethyl adjacent to an activating group) is 1. The number of alkyl halides is 3. The number of carbonyl (C=O) groups excluding carboxylic acids is 1. The molecule has 30 heavy (non-hydrogen) atoms. The van der Waals surface area contributed by atoms with Gasteiger partial charge < -0.3 is 26.0 Å². The highest BCUT2D eigenvalue weighted by atomic mass is 19.4. The third-order valence-corrected chi connectivity index (χ3v) is 3.83. The maximum absolute atomic E-state index is 12.2. The van der Waals surface area contributed by atoms with E-state index in [2.05, 4.69) is 20.4 Å². The Labute approximate surface area is 172 Å². The van der Waals surface area contributed by atoms with Crippen LogP contribution in [0, 0.1) is 0 Å². The molecule has 4 N–H and O–H groups in total. The van der Waals surface area contributed by atoms with Crippen molar-refractivity contribution in [3.63, 3.8) is 0 Å². The van der Waals surface area contributed by atoms with Gasteiger partial charge in [-0.05, 0) is 56.1 Å². The number of benzene rings is 2. The van der Waals surface area contributed by atoms with Crippen molar-refractivity contribution in [2.75, 3.05) is 32.5 Å². The van der Waals surface area contributed by atoms with Crippen LogP contribution in [-0.4, -0.2) is 50.3 Å². The van der Waals surface area contributed by atoms with Crippen LogP contribution in [0.2, 0.25) is 0 Å². The molecule has 0 unspecified atom stereocenters. The van der Waals surface area contributed by atoms with Gasteiger partial charge in [0.2, 0.25) is 0 Å². The molecule has 0 aliphatic carbocycles. The number of carbonyl (C=O) groups is 1. The molecule has 0 radical (unpaired) electrons. The first-order chi connectivity index (χ1) is 14.1. The maximum Gasteiger partial charge on any atom is 0.573 e. The van der Waals surface area contributed by atoms with E-state index < -0.39 is 6.36 Å². The minimum atomic E-state index is -4.74. The fraction of sp³-hybridized carbons (Fsp3) is 0.300. The molecule has 10 heteroatoms. The van der Waals surface area contributed by atoms with Crippen LogP contribution in [0.25, 0.3) is 0 Å². The predicted octanol–water partition coefficient (Wildman–Crippen LogP) is 2.80. The molecule has 0 heterocycles. The molecule has 0 saturated carbocycles. The average molecular weight is 423 g/mol. The molecule has 2 aromatic rings. The van der Waals surface area contributed by atoms with Crippen molar-refractivity contribution in [3.05, 3.63) is 59.7 Å². The number of nitrogens with two attached hydrogens (primary N) is 1. The van der Waals surface area contributed by atoms with Gasteiger partial charge in [0.25, 0.3) is 5.91 Å². The lowest BCUT2D eigenvalue weighted by Crippen LogP contribution is -2.31. The van der Waals surface area contributed by atoms with Crippen molar-refractivity contribution in [1.29, 1.82) is 0 Å². The second kappa shape index (κ2) is 10.5. The zero-order valence-corrected chi connectivity index (χ0v) is 16.7. The summed E-state index contributed by atoms with van der Waals surface area (Å²) < 4.78 is 40.4. The Balaban J connectivity index is 1.91. The molecule has 0 fully saturated rings. The Kier molecular flexibility index (Phi) is 8.05. The summed E-state index contributed by atoms with van der Waals surface area (Å²) in [7, 11) is 3.85. The summed E-state index contributed by atoms with van der Waals surface area (Å²) >= 11 is 0. The molecule has 162 valence electrons. The lowest BCUT2D eigenvalue weighted by molar-refractivity contribution is -0.274. The second-order valence-corrected chi connectivity index (χ2v) is 6.66. The van der Waals surface area contributed by atoms with Gasteiger partial charge in [0, 0.05) is 24.3 Å². The van der Waals surface area contributed by atoms with Gasteiger partial charge in [-0.25, -0.2) is 4.99 Å². The number of nitrogens with one attached hydrogen (secondary N) is 2. The second-order valence-electron chi connectivity index (χ2n) is 6.66. The molecule has 2 rings (SSSR count). The van der Waals surface area contributed by atoms with E-state index >= 15 is 0 Å². The van der Waals surface area contributed by atoms with Gasteiger partial charge in [-0.1, -0.05) is 12.1 Å². The summed E-state index contributed by atoms with van der Waals surface area (Å²) in [6.07, 6.45) is -4.74. The number of ether oxygens (including phenoxy) is 1. The third-order valence-electron chi connectivity index (χ3n) is 3.83. The highest BCUT2D eigenvalue weighted by molar-refractivity contribution is 5.94. The molecule has 0 aliphatic heterocycles. The van der Waals surface area contributed by atoms with Crippen molar-refractivity contribution < 1.29 is 22.7 Å². The van der Waals surface area contributed by atoms with Gasteiger partial charge in [-0.3, -0.25) is 4.79 Å². The zero-order valence-electron chi connectivity index (χ0n) is 16.7. The first kappa shape index (κ1) is 23.0. The zero-order chi connectivity index (χ0) is 22.1. The molecular weight excluding hydrogens is 399 g/mol. The Bertz CT molecular complexity index is 867. The van der Waals surface area contributed by atoms with E-state index in [1.165, 1.54) is 24.3 Å². The summed E-state index contributed by atoms with van der Waals surface area (Å²) in [6.45, 7) is 1.51. The van der Waals surface area contributed by atoms with E-state index in [-0.39, 0.29) is 24.2 Å². The van der Waals surface area contributed by atoms with Crippen molar-refractivity contribution >= 4 is 17.6 Å². The van der Waals surface area contributed by atoms with Crippen LogP contribution in [0.1, 0.15) is 15.9 Å². The highest BCUT2D eigenvalue weighted by Gasteiger charge is 2.30. The Morgan fingerprint density at radius 3 is 2.50 bits per heavy atom. The fourth-order valence-corrected chi connectivity index (χ4v) is 2.41. The van der Waals surface area contributed by atoms with Gasteiger partial charge >= 0.3 is 6.36 Å². The van der Waals surface area contributed by atoms with Crippen LogP contribution in [0.3, 0.4) is 0 Å². The van der Waals surface area contributed by atoms with E-state index in [0.717, 1.165) is 12.1 Å². The van der Waals surface area contributed by atoms with Gasteiger partial charge in [0.1, 0.15) is 5.75 Å². The number of rotatable bonds is 8. The molecule has 1 amide bonds. The van der Waals surface area contributed by atoms with Gasteiger partial charge in [-0.2, -0.15) is 0 Å². The van der Waals surface area contributed by atoms with Crippen molar-refractivity contribution in [2.24, 2.45) is 10.7 Å². The number of nitrogens with zero attached hydrogens (tertiary/aromatic N) is 2. The summed E-state index contributed by atoms with van der Waals surface area (Å²) in [5.74, 6) is -0.417. The smallest absolute Gasteiger partial charge is 0.406 e. The lowest BCUT2D eigenvalue weighted by Gasteiger charge is -2.11. The van der Waals surface area contributed by atoms with Crippen LogP contribution in [0.5, 0.6) is 5.75 Å². The van der Waals surface area contributed by atoms with Gasteiger partial charge in [0.05, 0.1) is 6.54 Å². The van der Waals surface area contributed by atoms with Gasteiger partial charge in [-0.15, -0.1) is 13.2 Å². The molecule has 0 aliphatic rings. The molecule has 0 spiro atoms. The van der Waals surface area contributed by atoms with Crippen LogP contribution >= 0.6 is 0 Å². The topological polar surface area (TPSA) is 92.0 Å². The predicted molar refractivity (Wildman–Crippen MR) is 109 cm³/mol. The molecule has 0 saturated heterocycles. The highest BCUT2D eigenvalue weighted by Crippen LogP contribution is 2.23. The summed E-state index contributed by atoms with van der Waals surface area (Å²) in [5.41, 5.74) is 7.59. The van der Waals surface area contributed by atoms with Crippen LogP contribution in [-0.2, 0) is 6.54 Å². The van der Waals surface area contributed by atoms with Crippen LogP contribution < -0.4 is 21.1 Å². The Hall–Kier alpha value is -3.27. The molecule has 0 atom stereocenters. The number of hydrogen-bond donors (Lipinski definition) is 3. The number of guanidine groups is 1. The number of halogens is 3. The Morgan fingerprint density at radius 1 is 1.17 bits per heavy atom. The van der Waals surface area contributed by atoms with Crippen LogP contribution in [0.15, 0.2) is 53.5 Å². The largest absolute Gasteiger partial charge is 0.573 e. The quantitative estimate of drug-likeness (QED) is 0.449. The molecular formula is C20H24F3N5O2. The summed E-state index contributed by atoms with van der Waals surface area (Å²) in [4.78, 5) is 18.4. The number of anilines is 1. The van der Waals surface area contributed by atoms with Crippen molar-refractivity contribution in [2.45, 2.75) is 12.9 Å². The molecule has 2 aromatic carbocycles. The maximum atomic E-state index is 12.2. The first-order valence-corrected chi connectivity index (χ1v) is 9.07. The fourth-order valence-electron chi connectivity index (χ4n) is 2.41. The molecule has 0 aromatic heterocycles. The monoisotopic (exact) mass is 423 g/mol. The summed E-state index contributed by atoms with van der Waals surface area (Å²) in [6, 6.07) is 12.1. The minimum absolute atomic E-state index is 0.0836. The van der Waals surface area contributed by atoms with E-state index in [9.17, 15) is 18.0 Å². The average Bonchev–Trinajstić information content (AvgIpc) is 2.67. The Morgan fingerprint density at radius 2 is 1.87 bits per heavy atom. The molecule has 7 nitrogen and oxygen atoms in total. The van der Waals surface area contributed by atoms with Crippen molar-refractivity contribution in [1.82, 2.24) is 10.2 Å². The third kappa shape index (κ3) is 8.39. The number of hydrogen-bond acceptors (Lipinski definition) is 4. The lowest BCUT2D eigenvalue weighted by atomic mass is 10.1. The molecule has 0 bridgehead atoms. The van der Waals surface area contributed by atoms with E-state index in [1.54, 1.807) is 18.2 Å². The SMILES string of the molecule is CN(C)CCNC(=O)c1cccc(CN=C(N)Nc2ccc(OC(F)(F)F)cc2)c1. The van der Waals surface area contributed by atoms with E-state index in [4.69, 9.17) is 5.73 Å². The normalized spacial score (nSPS) is 12.0. The van der Waals surface area contributed by atoms with E-state index in [1.807, 2.05) is 25.1 Å². The van der Waals surface area contributed by atoms with E-state index in [0.29, 0.717) is 17.8 Å². The van der Waals surface area contributed by atoms with Crippen LogP contribution in [0.4, 0.5) is 18.9 Å². The van der Waals surface area contributed by atoms with Crippen molar-refractivity contribution in [3.8, 4) is 5.75 Å². The standard InChI is InChI=1S/C20H24F3N5O2/c1-28(2)11-10-25-18(29)15-5-3-4-14(12-15)13-26-19(24)27-16-6-8-17(9-7-16)30-20(21,22)23/h3-9,12H,10-11,13H2,1-2H3,(H,25,29)(H3,24,26,27). The summed E-state index contributed by atoms with van der Waals surface area (Å²) in [5, 5.41) is 5.62. The number of amides is 1. The minimum Gasteiger partial charge on any atom is -0.406 e. The van der Waals surface area contributed by atoms with Gasteiger partial charge in [0.15, 0.2) is 5.96 Å². The first-order valence-electron chi connectivity index (χ1n) is 9.07. The number of aliphatic imine (C=N–C) groups is 1.